The maximum absolute atomic E-state index is 11.0. The number of aryl methyl sites for hydroxylation is 1. The third-order valence-electron chi connectivity index (χ3n) is 4.20. The lowest BCUT2D eigenvalue weighted by atomic mass is 10.2. The molecule has 136 valence electrons. The van der Waals surface area contributed by atoms with Gasteiger partial charge in [0.2, 0.25) is 0 Å². The lowest BCUT2D eigenvalue weighted by molar-refractivity contribution is 0.102. The molecule has 1 aromatic carbocycles. The van der Waals surface area contributed by atoms with E-state index in [0.717, 1.165) is 11.4 Å². The predicted molar refractivity (Wildman–Crippen MR) is 94.4 cm³/mol. The Morgan fingerprint density at radius 3 is 2.77 bits per heavy atom. The molecule has 0 radical (unpaired) electrons. The van der Waals surface area contributed by atoms with Gasteiger partial charge in [-0.2, -0.15) is 10.4 Å². The highest BCUT2D eigenvalue weighted by atomic mass is 35.5. The van der Waals surface area contributed by atoms with Crippen molar-refractivity contribution < 1.29 is 14.6 Å². The molecule has 0 aliphatic carbocycles. The van der Waals surface area contributed by atoms with Crippen molar-refractivity contribution in [3.63, 3.8) is 0 Å². The first-order chi connectivity index (χ1) is 12.5. The zero-order valence-electron chi connectivity index (χ0n) is 14.2. The molecule has 1 aliphatic heterocycles. The molecule has 1 aromatic heterocycles. The standard InChI is InChI=1S/C17H18ClN5O3/c1-11-16(26-14-7-12(9-19)6-13(18)8-14)15(21-20-11)10-22-2-4-23(5-3-22)17(24)25/h6-8H,2-5,10H2,1H3,(H,20,21)(H,24,25). The van der Waals surface area contributed by atoms with Crippen LogP contribution in [0.25, 0.3) is 0 Å². The molecule has 3 rings (SSSR count). The lowest BCUT2D eigenvalue weighted by Gasteiger charge is -2.32. The van der Waals surface area contributed by atoms with Crippen molar-refractivity contribution in [3.8, 4) is 17.6 Å². The SMILES string of the molecule is Cc1[nH]nc(CN2CCN(C(=O)O)CC2)c1Oc1cc(Cl)cc(C#N)c1. The number of carbonyl (C=O) groups is 1. The van der Waals surface area contributed by atoms with Gasteiger partial charge in [-0.1, -0.05) is 11.6 Å². The van der Waals surface area contributed by atoms with Gasteiger partial charge in [-0.25, -0.2) is 4.79 Å². The first-order valence-corrected chi connectivity index (χ1v) is 8.46. The zero-order valence-corrected chi connectivity index (χ0v) is 15.0. The number of piperazine rings is 1. The number of nitriles is 1. The molecule has 26 heavy (non-hydrogen) atoms. The second kappa shape index (κ2) is 7.64. The monoisotopic (exact) mass is 375 g/mol. The van der Waals surface area contributed by atoms with Crippen LogP contribution in [0, 0.1) is 18.3 Å². The molecular formula is C17H18ClN5O3. The van der Waals surface area contributed by atoms with Crippen molar-refractivity contribution in [1.29, 1.82) is 5.26 Å². The van der Waals surface area contributed by atoms with Gasteiger partial charge in [-0.15, -0.1) is 0 Å². The number of carboxylic acid groups (broad SMARTS) is 1. The first-order valence-electron chi connectivity index (χ1n) is 8.09. The molecule has 8 nitrogen and oxygen atoms in total. The fraction of sp³-hybridized carbons (Fsp3) is 0.353. The van der Waals surface area contributed by atoms with Crippen LogP contribution in [0.3, 0.4) is 0 Å². The largest absolute Gasteiger partial charge is 0.465 e. The van der Waals surface area contributed by atoms with E-state index in [1.165, 1.54) is 4.90 Å². The molecule has 1 saturated heterocycles. The molecule has 2 aromatic rings. The summed E-state index contributed by atoms with van der Waals surface area (Å²) < 4.78 is 5.94. The molecule has 0 atom stereocenters. The van der Waals surface area contributed by atoms with Crippen molar-refractivity contribution >= 4 is 17.7 Å². The average Bonchev–Trinajstić information content (AvgIpc) is 2.95. The normalized spacial score (nSPS) is 14.9. The molecule has 0 unspecified atom stereocenters. The van der Waals surface area contributed by atoms with Crippen LogP contribution in [-0.2, 0) is 6.54 Å². The van der Waals surface area contributed by atoms with E-state index in [9.17, 15) is 4.79 Å². The number of nitrogens with zero attached hydrogens (tertiary/aromatic N) is 4. The van der Waals surface area contributed by atoms with E-state index in [1.807, 2.05) is 13.0 Å². The van der Waals surface area contributed by atoms with E-state index in [0.29, 0.717) is 54.8 Å². The van der Waals surface area contributed by atoms with Crippen molar-refractivity contribution in [1.82, 2.24) is 20.0 Å². The van der Waals surface area contributed by atoms with E-state index in [4.69, 9.17) is 26.7 Å². The van der Waals surface area contributed by atoms with E-state index >= 15 is 0 Å². The van der Waals surface area contributed by atoms with E-state index in [-0.39, 0.29) is 0 Å². The minimum Gasteiger partial charge on any atom is -0.465 e. The summed E-state index contributed by atoms with van der Waals surface area (Å²) in [6.07, 6.45) is -0.890. The average molecular weight is 376 g/mol. The number of amides is 1. The second-order valence-corrected chi connectivity index (χ2v) is 6.50. The Balaban J connectivity index is 1.73. The van der Waals surface area contributed by atoms with Crippen LogP contribution < -0.4 is 4.74 Å². The zero-order chi connectivity index (χ0) is 18.7. The Bertz CT molecular complexity index is 853. The van der Waals surface area contributed by atoms with Gasteiger partial charge < -0.3 is 14.7 Å². The minimum atomic E-state index is -0.890. The highest BCUT2D eigenvalue weighted by molar-refractivity contribution is 6.30. The van der Waals surface area contributed by atoms with Crippen molar-refractivity contribution in [2.24, 2.45) is 0 Å². The summed E-state index contributed by atoms with van der Waals surface area (Å²) in [7, 11) is 0. The minimum absolute atomic E-state index is 0.417. The Morgan fingerprint density at radius 1 is 1.38 bits per heavy atom. The molecule has 9 heteroatoms. The summed E-state index contributed by atoms with van der Waals surface area (Å²) in [6.45, 7) is 4.59. The second-order valence-electron chi connectivity index (χ2n) is 6.06. The van der Waals surface area contributed by atoms with Crippen molar-refractivity contribution in [3.05, 3.63) is 40.2 Å². The number of hydrogen-bond donors (Lipinski definition) is 2. The summed E-state index contributed by atoms with van der Waals surface area (Å²) >= 11 is 6.03. The number of aromatic amines is 1. The fourth-order valence-electron chi connectivity index (χ4n) is 2.83. The molecule has 2 heterocycles. The van der Waals surface area contributed by atoms with Gasteiger partial charge in [-0.05, 0) is 25.1 Å². The summed E-state index contributed by atoms with van der Waals surface area (Å²) in [5.74, 6) is 1.06. The molecule has 2 N–H and O–H groups in total. The van der Waals surface area contributed by atoms with Crippen LogP contribution in [0.2, 0.25) is 5.02 Å². The van der Waals surface area contributed by atoms with E-state index < -0.39 is 6.09 Å². The third-order valence-corrected chi connectivity index (χ3v) is 4.42. The molecule has 0 saturated carbocycles. The van der Waals surface area contributed by atoms with Crippen LogP contribution in [0.15, 0.2) is 18.2 Å². The van der Waals surface area contributed by atoms with Gasteiger partial charge in [0, 0.05) is 37.7 Å². The molecule has 0 bridgehead atoms. The number of halogens is 1. The molecule has 1 amide bonds. The number of nitrogens with one attached hydrogen (secondary N) is 1. The van der Waals surface area contributed by atoms with Crippen LogP contribution in [-0.4, -0.2) is 57.4 Å². The number of rotatable bonds is 4. The first kappa shape index (κ1) is 18.0. The van der Waals surface area contributed by atoms with Gasteiger partial charge in [0.1, 0.15) is 11.4 Å². The van der Waals surface area contributed by atoms with E-state index in [1.54, 1.807) is 18.2 Å². The quantitative estimate of drug-likeness (QED) is 0.851. The molecular weight excluding hydrogens is 358 g/mol. The number of H-pyrrole nitrogens is 1. The van der Waals surface area contributed by atoms with Crippen LogP contribution in [0.4, 0.5) is 4.79 Å². The van der Waals surface area contributed by atoms with Gasteiger partial charge in [0.15, 0.2) is 5.75 Å². The fourth-order valence-corrected chi connectivity index (χ4v) is 3.05. The van der Waals surface area contributed by atoms with Gasteiger partial charge in [-0.3, -0.25) is 10.00 Å². The summed E-state index contributed by atoms with van der Waals surface area (Å²) in [5.41, 5.74) is 1.91. The Labute approximate surface area is 155 Å². The summed E-state index contributed by atoms with van der Waals surface area (Å²) in [6, 6.07) is 6.88. The number of hydrogen-bond acceptors (Lipinski definition) is 5. The third kappa shape index (κ3) is 4.07. The van der Waals surface area contributed by atoms with Crippen LogP contribution >= 0.6 is 11.6 Å². The Hall–Kier alpha value is -2.76. The van der Waals surface area contributed by atoms with Crippen LogP contribution in [0.1, 0.15) is 17.0 Å². The highest BCUT2D eigenvalue weighted by Gasteiger charge is 2.23. The summed E-state index contributed by atoms with van der Waals surface area (Å²) in [5, 5.41) is 25.7. The number of benzene rings is 1. The summed E-state index contributed by atoms with van der Waals surface area (Å²) in [4.78, 5) is 14.5. The van der Waals surface area contributed by atoms with Gasteiger partial charge in [0.05, 0.1) is 17.3 Å². The molecule has 0 spiro atoms. The molecule has 1 fully saturated rings. The van der Waals surface area contributed by atoms with Gasteiger partial charge in [0.25, 0.3) is 0 Å². The smallest absolute Gasteiger partial charge is 0.407 e. The Morgan fingerprint density at radius 2 is 2.12 bits per heavy atom. The molecule has 1 aliphatic rings. The number of aromatic nitrogens is 2. The van der Waals surface area contributed by atoms with Crippen LogP contribution in [0.5, 0.6) is 11.5 Å². The Kier molecular flexibility index (Phi) is 5.30. The maximum atomic E-state index is 11.0. The topological polar surface area (TPSA) is 105 Å². The van der Waals surface area contributed by atoms with Crippen molar-refractivity contribution in [2.45, 2.75) is 13.5 Å². The number of ether oxygens (including phenoxy) is 1. The predicted octanol–water partition coefficient (Wildman–Crippen LogP) is 2.83. The maximum Gasteiger partial charge on any atom is 0.407 e. The lowest BCUT2D eigenvalue weighted by Crippen LogP contribution is -2.47. The van der Waals surface area contributed by atoms with E-state index in [2.05, 4.69) is 15.1 Å². The van der Waals surface area contributed by atoms with Gasteiger partial charge >= 0.3 is 6.09 Å². The van der Waals surface area contributed by atoms with Crippen molar-refractivity contribution in [2.75, 3.05) is 26.2 Å². The highest BCUT2D eigenvalue weighted by Crippen LogP contribution is 2.30.